The summed E-state index contributed by atoms with van der Waals surface area (Å²) in [6.07, 6.45) is 6.40. The van der Waals surface area contributed by atoms with Crippen LogP contribution in [0.5, 0.6) is 0 Å². The lowest BCUT2D eigenvalue weighted by atomic mass is 10.0. The average molecular weight is 1120 g/mol. The molecule has 0 aliphatic carbocycles. The lowest BCUT2D eigenvalue weighted by molar-refractivity contribution is 0.796. The molecule has 0 amide bonds. The summed E-state index contributed by atoms with van der Waals surface area (Å²) in [5.41, 5.74) is 13.2. The number of aromatic nitrogens is 8. The molecule has 16 aromatic rings. The molecule has 0 aliphatic rings. The van der Waals surface area contributed by atoms with Crippen LogP contribution >= 0.6 is 22.7 Å². The fourth-order valence-electron chi connectivity index (χ4n) is 12.4. The minimum Gasteiger partial charge on any atom is -0.294 e. The minimum absolute atomic E-state index is 0.506. The summed E-state index contributed by atoms with van der Waals surface area (Å²) >= 11 is 3.67. The van der Waals surface area contributed by atoms with Crippen molar-refractivity contribution in [2.75, 3.05) is 0 Å². The van der Waals surface area contributed by atoms with E-state index in [9.17, 15) is 0 Å². The number of benzene rings is 9. The predicted molar refractivity (Wildman–Crippen MR) is 352 cm³/mol. The van der Waals surface area contributed by atoms with E-state index in [-0.39, 0.29) is 0 Å². The maximum Gasteiger partial charge on any atom is 0.235 e. The zero-order valence-corrected chi connectivity index (χ0v) is 48.1. The Morgan fingerprint density at radius 1 is 0.321 bits per heavy atom. The van der Waals surface area contributed by atoms with E-state index in [0.29, 0.717) is 29.1 Å². The Balaban J connectivity index is 0.948. The Kier molecular flexibility index (Phi) is 12.3. The molecule has 0 saturated carbocycles. The van der Waals surface area contributed by atoms with Crippen LogP contribution < -0.4 is 0 Å². The highest BCUT2D eigenvalue weighted by Crippen LogP contribution is 2.45. The van der Waals surface area contributed by atoms with Gasteiger partial charge in [0, 0.05) is 84.1 Å². The number of aryl methyl sites for hydroxylation is 2. The first kappa shape index (κ1) is 50.0. The third kappa shape index (κ3) is 8.54. The van der Waals surface area contributed by atoms with Crippen LogP contribution in [0.15, 0.2) is 218 Å². The van der Waals surface area contributed by atoms with E-state index in [4.69, 9.17) is 29.9 Å². The summed E-state index contributed by atoms with van der Waals surface area (Å²) < 4.78 is 9.74. The van der Waals surface area contributed by atoms with Crippen LogP contribution in [0.4, 0.5) is 0 Å². The van der Waals surface area contributed by atoms with Crippen molar-refractivity contribution in [2.24, 2.45) is 0 Å². The molecule has 0 fully saturated rings. The third-order valence-corrected chi connectivity index (χ3v) is 18.9. The van der Waals surface area contributed by atoms with E-state index in [1.54, 1.807) is 0 Å². The lowest BCUT2D eigenvalue weighted by Crippen LogP contribution is -2.04. The van der Waals surface area contributed by atoms with Gasteiger partial charge in [-0.25, -0.2) is 29.9 Å². The van der Waals surface area contributed by atoms with Gasteiger partial charge in [-0.2, -0.15) is 0 Å². The first-order valence-corrected chi connectivity index (χ1v) is 30.8. The van der Waals surface area contributed by atoms with Crippen molar-refractivity contribution in [1.82, 2.24) is 39.0 Å². The summed E-state index contributed by atoms with van der Waals surface area (Å²) in [7, 11) is 0. The van der Waals surface area contributed by atoms with E-state index >= 15 is 0 Å². The fourth-order valence-corrected chi connectivity index (χ4v) is 14.6. The van der Waals surface area contributed by atoms with Crippen molar-refractivity contribution in [3.63, 3.8) is 0 Å². The van der Waals surface area contributed by atoms with E-state index in [2.05, 4.69) is 175 Å². The monoisotopic (exact) mass is 1120 g/mol. The van der Waals surface area contributed by atoms with Crippen molar-refractivity contribution in [3.05, 3.63) is 230 Å². The molecule has 84 heavy (non-hydrogen) atoms. The number of pyridine rings is 1. The molecular weight excluding hydrogens is 1070 g/mol. The van der Waals surface area contributed by atoms with Gasteiger partial charge in [0.05, 0.1) is 33.5 Å². The molecule has 9 aromatic carbocycles. The first-order valence-electron chi connectivity index (χ1n) is 29.1. The molecule has 402 valence electrons. The van der Waals surface area contributed by atoms with Gasteiger partial charge in [-0.15, -0.1) is 22.7 Å². The summed E-state index contributed by atoms with van der Waals surface area (Å²) in [6, 6.07) is 78.4. The Labute approximate surface area is 493 Å². The highest BCUT2D eigenvalue weighted by molar-refractivity contribution is 7.26. The van der Waals surface area contributed by atoms with Crippen molar-refractivity contribution in [1.29, 1.82) is 0 Å². The molecular formula is C74H54N8S2. The van der Waals surface area contributed by atoms with Crippen LogP contribution in [0.2, 0.25) is 0 Å². The van der Waals surface area contributed by atoms with Gasteiger partial charge in [-0.1, -0.05) is 154 Å². The maximum absolute atomic E-state index is 5.68. The second-order valence-corrected chi connectivity index (χ2v) is 24.1. The van der Waals surface area contributed by atoms with Gasteiger partial charge in [0.2, 0.25) is 5.95 Å². The zero-order valence-electron chi connectivity index (χ0n) is 46.4. The fraction of sp³-hybridized carbons (Fsp3) is 0.108. The van der Waals surface area contributed by atoms with Crippen LogP contribution in [0.1, 0.15) is 50.7 Å². The minimum atomic E-state index is 0.506. The molecule has 8 nitrogen and oxygen atoms in total. The molecule has 0 unspecified atom stereocenters. The van der Waals surface area contributed by atoms with Gasteiger partial charge in [-0.3, -0.25) is 9.13 Å². The maximum atomic E-state index is 5.68. The third-order valence-electron chi connectivity index (χ3n) is 16.6. The molecule has 0 N–H and O–H groups in total. The molecule has 0 saturated heterocycles. The second kappa shape index (κ2) is 20.6. The normalized spacial score (nSPS) is 12.0. The Morgan fingerprint density at radius 3 is 1.35 bits per heavy atom. The van der Waals surface area contributed by atoms with Crippen molar-refractivity contribution >= 4 is 107 Å². The predicted octanol–water partition coefficient (Wildman–Crippen LogP) is 20.0. The van der Waals surface area contributed by atoms with Gasteiger partial charge in [0.15, 0.2) is 17.5 Å². The highest BCUT2D eigenvalue weighted by atomic mass is 32.1. The van der Waals surface area contributed by atoms with E-state index < -0.39 is 0 Å². The first-order chi connectivity index (χ1) is 41.5. The van der Waals surface area contributed by atoms with Crippen LogP contribution in [-0.4, -0.2) is 39.0 Å². The summed E-state index contributed by atoms with van der Waals surface area (Å²) in [4.78, 5) is 32.1. The number of hydrogen-bond acceptors (Lipinski definition) is 8. The Morgan fingerprint density at radius 2 is 0.798 bits per heavy atom. The molecule has 7 aromatic heterocycles. The largest absolute Gasteiger partial charge is 0.294 e. The van der Waals surface area contributed by atoms with Crippen LogP contribution in [0, 0.1) is 0 Å². The summed E-state index contributed by atoms with van der Waals surface area (Å²) in [6.45, 7) is 4.54. The number of hydrogen-bond donors (Lipinski definition) is 0. The number of rotatable bonds is 13. The zero-order chi connectivity index (χ0) is 55.8. The molecule has 0 spiro atoms. The van der Waals surface area contributed by atoms with E-state index in [1.807, 2.05) is 89.4 Å². The quantitative estimate of drug-likeness (QED) is 0.114. The van der Waals surface area contributed by atoms with Crippen LogP contribution in [0.25, 0.3) is 153 Å². The van der Waals surface area contributed by atoms with Crippen LogP contribution in [-0.2, 0) is 12.8 Å². The van der Waals surface area contributed by atoms with Gasteiger partial charge < -0.3 is 0 Å². The molecule has 16 rings (SSSR count). The highest BCUT2D eigenvalue weighted by Gasteiger charge is 2.25. The number of nitrogens with zero attached hydrogens (tertiary/aromatic N) is 8. The summed E-state index contributed by atoms with van der Waals surface area (Å²) in [5, 5.41) is 9.66. The van der Waals surface area contributed by atoms with Crippen molar-refractivity contribution < 1.29 is 0 Å². The Bertz CT molecular complexity index is 5060. The molecule has 0 radical (unpaired) electrons. The van der Waals surface area contributed by atoms with E-state index in [0.717, 1.165) is 100 Å². The molecule has 7 heterocycles. The smallest absolute Gasteiger partial charge is 0.235 e. The van der Waals surface area contributed by atoms with Gasteiger partial charge >= 0.3 is 0 Å². The lowest BCUT2D eigenvalue weighted by Gasteiger charge is -2.13. The topological polar surface area (TPSA) is 87.2 Å². The average Bonchev–Trinajstić information content (AvgIpc) is 1.88. The van der Waals surface area contributed by atoms with Crippen LogP contribution in [0.3, 0.4) is 0 Å². The van der Waals surface area contributed by atoms with Crippen molar-refractivity contribution in [2.45, 2.75) is 52.4 Å². The molecule has 0 atom stereocenters. The number of thiophene rings is 2. The molecule has 0 aliphatic heterocycles. The van der Waals surface area contributed by atoms with Gasteiger partial charge in [-0.05, 0) is 128 Å². The van der Waals surface area contributed by atoms with E-state index in [1.165, 1.54) is 73.0 Å². The number of unbranched alkanes of at least 4 members (excludes halogenated alkanes) is 2. The van der Waals surface area contributed by atoms with Crippen molar-refractivity contribution in [3.8, 4) is 68.6 Å². The SMILES string of the molecule is CCCCc1ccc2c(c1)c1c3c4cc(CCCC)ccc4n(-c4nc(-c5ccc6sc7ccccc7c6c5)cc(-c5ccc6sc7ccccc7c6c5)n4)c3ccc1n2-c1cccc(-c2nc(-c3ccccc3)nc(-c3ccccc3)n2)n1. The van der Waals surface area contributed by atoms with Gasteiger partial charge in [0.25, 0.3) is 0 Å². The van der Waals surface area contributed by atoms with Gasteiger partial charge in [0.1, 0.15) is 11.5 Å². The molecule has 10 heteroatoms. The molecule has 0 bridgehead atoms. The second-order valence-electron chi connectivity index (χ2n) is 21.9. The standard InChI is InChI=1S/C74H54N8S2/c1-3-5-18-45-30-34-60-55(40-45)69-62(81(60)68-29-17-26-57(75-68)73-79-71(47-20-9-7-10-21-47)78-72(80-73)48-22-11-8-12-23-48)36-37-63-70(69)56-41-46(19-6-4-2)31-35-61(56)82(63)74-76-58(49-32-38-66-53(42-49)51-24-13-15-27-64(51)83-66)44-59(77-74)50-33-39-67-54(43-50)52-25-14-16-28-65(52)84-67/h7-17,20-44H,3-6,18-19H2,1-2H3. The Hall–Kier alpha value is -9.74. The number of fused-ring (bicyclic) bond motifs is 13. The summed E-state index contributed by atoms with van der Waals surface area (Å²) in [5.74, 6) is 3.09.